The van der Waals surface area contributed by atoms with Gasteiger partial charge >= 0.3 is 12.2 Å². The van der Waals surface area contributed by atoms with Crippen molar-refractivity contribution in [2.75, 3.05) is 12.3 Å². The van der Waals surface area contributed by atoms with Crippen LogP contribution in [0.25, 0.3) is 11.2 Å². The zero-order chi connectivity index (χ0) is 18.9. The molecule has 138 valence electrons. The molecule has 0 aromatic carbocycles. The molecule has 26 heavy (non-hydrogen) atoms. The molecule has 3 rings (SSSR count). The summed E-state index contributed by atoms with van der Waals surface area (Å²) in [6.45, 7) is 3.65. The Morgan fingerprint density at radius 3 is 3.00 bits per heavy atom. The topological polar surface area (TPSA) is 114 Å². The third-order valence-corrected chi connectivity index (χ3v) is 4.28. The van der Waals surface area contributed by atoms with Crippen molar-refractivity contribution in [3.05, 3.63) is 12.4 Å². The Hall–Kier alpha value is -2.93. The van der Waals surface area contributed by atoms with Gasteiger partial charge in [-0.05, 0) is 13.3 Å². The summed E-state index contributed by atoms with van der Waals surface area (Å²) in [4.78, 5) is 23.0. The molecule has 0 saturated carbocycles. The number of carbonyl (C=O) groups is 1. The average molecular weight is 363 g/mol. The Labute approximate surface area is 148 Å². The maximum atomic E-state index is 13.6. The molecule has 1 aliphatic rings. The van der Waals surface area contributed by atoms with Crippen LogP contribution in [-0.2, 0) is 14.2 Å². The molecule has 2 aromatic heterocycles. The summed E-state index contributed by atoms with van der Waals surface area (Å²) < 4.78 is 31.2. The van der Waals surface area contributed by atoms with E-state index in [2.05, 4.69) is 20.9 Å². The van der Waals surface area contributed by atoms with Crippen LogP contribution in [0.2, 0.25) is 0 Å². The molecule has 0 spiro atoms. The molecule has 3 heterocycles. The van der Waals surface area contributed by atoms with E-state index >= 15 is 0 Å². The van der Waals surface area contributed by atoms with E-state index in [9.17, 15) is 9.18 Å². The summed E-state index contributed by atoms with van der Waals surface area (Å²) in [6.07, 6.45) is 4.44. The van der Waals surface area contributed by atoms with Gasteiger partial charge < -0.3 is 19.9 Å². The number of rotatable bonds is 4. The Kier molecular flexibility index (Phi) is 4.65. The van der Waals surface area contributed by atoms with Crippen molar-refractivity contribution in [1.29, 1.82) is 0 Å². The van der Waals surface area contributed by atoms with Crippen molar-refractivity contribution < 1.29 is 23.4 Å². The van der Waals surface area contributed by atoms with Crippen molar-refractivity contribution in [2.24, 2.45) is 0 Å². The minimum Gasteiger partial charge on any atom is -0.435 e. The van der Waals surface area contributed by atoms with Crippen LogP contribution in [0, 0.1) is 18.4 Å². The van der Waals surface area contributed by atoms with Crippen LogP contribution in [0.3, 0.4) is 0 Å². The summed E-state index contributed by atoms with van der Waals surface area (Å²) in [7, 11) is 0. The molecule has 10 heteroatoms. The lowest BCUT2D eigenvalue weighted by Gasteiger charge is -2.27. The number of carbonyl (C=O) groups excluding carboxylic acids is 1. The van der Waals surface area contributed by atoms with Crippen LogP contribution in [0.5, 0.6) is 0 Å². The SMILES string of the molecule is C#C[C@]1(CC)O[C@@H](n2cnc3c(N)nc(F)nc32)C[C@@H]1OC(=O)OCC. The van der Waals surface area contributed by atoms with Crippen LogP contribution in [0.1, 0.15) is 32.9 Å². The van der Waals surface area contributed by atoms with E-state index in [0.29, 0.717) is 6.42 Å². The molecule has 0 unspecified atom stereocenters. The highest BCUT2D eigenvalue weighted by Gasteiger charge is 2.50. The quantitative estimate of drug-likeness (QED) is 0.497. The molecular weight excluding hydrogens is 345 g/mol. The second kappa shape index (κ2) is 6.76. The summed E-state index contributed by atoms with van der Waals surface area (Å²) in [5, 5.41) is 0. The second-order valence-corrected chi connectivity index (χ2v) is 5.69. The van der Waals surface area contributed by atoms with E-state index in [4.69, 9.17) is 26.4 Å². The number of nitrogen functional groups attached to an aromatic ring is 1. The fourth-order valence-electron chi connectivity index (χ4n) is 2.98. The highest BCUT2D eigenvalue weighted by atomic mass is 19.1. The second-order valence-electron chi connectivity index (χ2n) is 5.69. The van der Waals surface area contributed by atoms with Crippen LogP contribution in [0.15, 0.2) is 6.33 Å². The fraction of sp³-hybridized carbons (Fsp3) is 0.500. The molecule has 0 amide bonds. The number of nitrogens with two attached hydrogens (primary N) is 1. The molecule has 0 radical (unpaired) electrons. The van der Waals surface area contributed by atoms with Gasteiger partial charge in [0.15, 0.2) is 22.6 Å². The molecule has 0 bridgehead atoms. The average Bonchev–Trinajstić information content (AvgIpc) is 3.17. The molecule has 9 nitrogen and oxygen atoms in total. The lowest BCUT2D eigenvalue weighted by atomic mass is 9.94. The normalized spacial score (nSPS) is 25.2. The lowest BCUT2D eigenvalue weighted by molar-refractivity contribution is -0.0758. The predicted molar refractivity (Wildman–Crippen MR) is 88.2 cm³/mol. The number of terminal acetylenes is 1. The smallest absolute Gasteiger partial charge is 0.435 e. The summed E-state index contributed by atoms with van der Waals surface area (Å²) in [6, 6.07) is 0. The first-order chi connectivity index (χ1) is 12.4. The summed E-state index contributed by atoms with van der Waals surface area (Å²) >= 11 is 0. The van der Waals surface area contributed by atoms with Crippen molar-refractivity contribution in [2.45, 2.75) is 44.6 Å². The summed E-state index contributed by atoms with van der Waals surface area (Å²) in [5.74, 6) is 2.49. The number of halogens is 1. The van der Waals surface area contributed by atoms with Crippen molar-refractivity contribution in [1.82, 2.24) is 19.5 Å². The number of hydrogen-bond donors (Lipinski definition) is 1. The van der Waals surface area contributed by atoms with Gasteiger partial charge in [-0.2, -0.15) is 14.4 Å². The van der Waals surface area contributed by atoms with Gasteiger partial charge in [-0.3, -0.25) is 4.57 Å². The maximum Gasteiger partial charge on any atom is 0.508 e. The number of imidazole rings is 1. The summed E-state index contributed by atoms with van der Waals surface area (Å²) in [5.41, 5.74) is 4.94. The number of aromatic nitrogens is 4. The monoisotopic (exact) mass is 363 g/mol. The third-order valence-electron chi connectivity index (χ3n) is 4.28. The minimum atomic E-state index is -1.15. The van der Waals surface area contributed by atoms with E-state index in [1.54, 1.807) is 6.92 Å². The van der Waals surface area contributed by atoms with Crippen LogP contribution < -0.4 is 5.73 Å². The molecule has 3 atom stereocenters. The van der Waals surface area contributed by atoms with Gasteiger partial charge in [-0.25, -0.2) is 9.78 Å². The first kappa shape index (κ1) is 17.9. The molecule has 1 fully saturated rings. The van der Waals surface area contributed by atoms with E-state index < -0.39 is 30.2 Å². The number of ether oxygens (including phenoxy) is 3. The van der Waals surface area contributed by atoms with E-state index in [1.165, 1.54) is 10.9 Å². The van der Waals surface area contributed by atoms with Crippen molar-refractivity contribution in [3.8, 4) is 12.3 Å². The molecule has 2 N–H and O–H groups in total. The molecular formula is C16H18FN5O4. The minimum absolute atomic E-state index is 0.0812. The predicted octanol–water partition coefficient (Wildman–Crippen LogP) is 1.79. The van der Waals surface area contributed by atoms with Crippen LogP contribution in [0.4, 0.5) is 15.0 Å². The molecule has 0 aliphatic carbocycles. The fourth-order valence-corrected chi connectivity index (χ4v) is 2.98. The van der Waals surface area contributed by atoms with Gasteiger partial charge in [-0.1, -0.05) is 12.8 Å². The van der Waals surface area contributed by atoms with E-state index in [1.807, 2.05) is 6.92 Å². The van der Waals surface area contributed by atoms with Gasteiger partial charge in [0.05, 0.1) is 12.9 Å². The zero-order valence-corrected chi connectivity index (χ0v) is 14.3. The first-order valence-electron chi connectivity index (χ1n) is 8.08. The van der Waals surface area contributed by atoms with Crippen LogP contribution in [-0.4, -0.2) is 44.0 Å². The van der Waals surface area contributed by atoms with Crippen molar-refractivity contribution in [3.63, 3.8) is 0 Å². The van der Waals surface area contributed by atoms with Gasteiger partial charge in [0.1, 0.15) is 12.3 Å². The van der Waals surface area contributed by atoms with Gasteiger partial charge in [0.25, 0.3) is 0 Å². The number of anilines is 1. The van der Waals surface area contributed by atoms with E-state index in [-0.39, 0.29) is 30.0 Å². The highest BCUT2D eigenvalue weighted by molar-refractivity contribution is 5.81. The Morgan fingerprint density at radius 2 is 2.35 bits per heavy atom. The number of hydrogen-bond acceptors (Lipinski definition) is 8. The number of fused-ring (bicyclic) bond motifs is 1. The standard InChI is InChI=1S/C16H18FN5O4/c1-4-16(5-2)9(25-15(23)24-6-3)7-10(26-16)22-8-19-11-12(18)20-14(17)21-13(11)22/h1,8-10H,5-7H2,2-3H3,(H2,18,20,21)/t9-,10+,16+/m0/s1. The first-order valence-corrected chi connectivity index (χ1v) is 8.08. The Balaban J connectivity index is 1.95. The molecule has 1 saturated heterocycles. The van der Waals surface area contributed by atoms with Crippen molar-refractivity contribution >= 4 is 23.1 Å². The van der Waals surface area contributed by atoms with Crippen LogP contribution >= 0.6 is 0 Å². The molecule has 1 aliphatic heterocycles. The maximum absolute atomic E-state index is 13.6. The lowest BCUT2D eigenvalue weighted by Crippen LogP contribution is -2.40. The van der Waals surface area contributed by atoms with Gasteiger partial charge in [0, 0.05) is 6.42 Å². The number of nitrogens with zero attached hydrogens (tertiary/aromatic N) is 4. The third kappa shape index (κ3) is 2.90. The highest BCUT2D eigenvalue weighted by Crippen LogP contribution is 2.41. The van der Waals surface area contributed by atoms with Gasteiger partial charge in [-0.15, -0.1) is 6.42 Å². The van der Waals surface area contributed by atoms with Gasteiger partial charge in [0.2, 0.25) is 0 Å². The largest absolute Gasteiger partial charge is 0.508 e. The Bertz CT molecular complexity index is 879. The molecule has 2 aromatic rings. The van der Waals surface area contributed by atoms with E-state index in [0.717, 1.165) is 0 Å². The Morgan fingerprint density at radius 1 is 1.58 bits per heavy atom. The zero-order valence-electron chi connectivity index (χ0n) is 14.3.